The van der Waals surface area contributed by atoms with Gasteiger partial charge in [0.05, 0.1) is 17.8 Å². The summed E-state index contributed by atoms with van der Waals surface area (Å²) >= 11 is 0. The van der Waals surface area contributed by atoms with E-state index in [2.05, 4.69) is 35.0 Å². The molecule has 0 radical (unpaired) electrons. The third kappa shape index (κ3) is 3.33. The number of hydrogen-bond donors (Lipinski definition) is 1. The van der Waals surface area contributed by atoms with E-state index in [0.717, 1.165) is 32.5 Å². The summed E-state index contributed by atoms with van der Waals surface area (Å²) in [5.74, 6) is 0. The van der Waals surface area contributed by atoms with Crippen LogP contribution >= 0.6 is 0 Å². The second-order valence-corrected chi connectivity index (χ2v) is 4.95. The zero-order chi connectivity index (χ0) is 12.8. The highest BCUT2D eigenvalue weighted by molar-refractivity contribution is 5.07. The molecule has 4 nitrogen and oxygen atoms in total. The fourth-order valence-corrected chi connectivity index (χ4v) is 2.62. The smallest absolute Gasteiger partial charge is 0.0594 e. The Morgan fingerprint density at radius 2 is 2.44 bits per heavy atom. The van der Waals surface area contributed by atoms with E-state index >= 15 is 0 Å². The maximum atomic E-state index is 5.77. The molecule has 1 aliphatic heterocycles. The van der Waals surface area contributed by atoms with Crippen molar-refractivity contribution in [3.05, 3.63) is 18.0 Å². The standard InChI is InChI=1S/C14H25N3O/c1-3-8-15-13(11-12-6-5-10-18-12)14-7-9-16-17(14)4-2/h7,9,12-13,15H,3-6,8,10-11H2,1-2H3. The molecule has 0 aromatic carbocycles. The van der Waals surface area contributed by atoms with Crippen LogP contribution in [0.25, 0.3) is 0 Å². The van der Waals surface area contributed by atoms with Gasteiger partial charge in [0.25, 0.3) is 0 Å². The third-order valence-corrected chi connectivity index (χ3v) is 3.57. The number of nitrogens with zero attached hydrogens (tertiary/aromatic N) is 2. The van der Waals surface area contributed by atoms with E-state index in [1.165, 1.54) is 18.5 Å². The molecule has 1 aromatic heterocycles. The topological polar surface area (TPSA) is 39.1 Å². The van der Waals surface area contributed by atoms with E-state index in [1.54, 1.807) is 0 Å². The number of hydrogen-bond acceptors (Lipinski definition) is 3. The molecule has 0 aliphatic carbocycles. The fourth-order valence-electron chi connectivity index (χ4n) is 2.62. The molecule has 2 heterocycles. The second kappa shape index (κ2) is 6.90. The molecule has 0 bridgehead atoms. The van der Waals surface area contributed by atoms with Gasteiger partial charge in [0, 0.05) is 19.3 Å². The number of rotatable bonds is 7. The van der Waals surface area contributed by atoms with E-state index in [1.807, 2.05) is 6.20 Å². The predicted molar refractivity (Wildman–Crippen MR) is 72.5 cm³/mol. The molecule has 2 atom stereocenters. The van der Waals surface area contributed by atoms with Gasteiger partial charge in [-0.3, -0.25) is 4.68 Å². The van der Waals surface area contributed by atoms with Crippen LogP contribution < -0.4 is 5.32 Å². The molecule has 0 spiro atoms. The lowest BCUT2D eigenvalue weighted by Crippen LogP contribution is -2.28. The first-order valence-electron chi connectivity index (χ1n) is 7.21. The van der Waals surface area contributed by atoms with Gasteiger partial charge in [0.2, 0.25) is 0 Å². The molecular weight excluding hydrogens is 226 g/mol. The lowest BCUT2D eigenvalue weighted by atomic mass is 10.0. The molecule has 1 N–H and O–H groups in total. The normalized spacial score (nSPS) is 21.3. The highest BCUT2D eigenvalue weighted by Crippen LogP contribution is 2.25. The summed E-state index contributed by atoms with van der Waals surface area (Å²) in [4.78, 5) is 0. The van der Waals surface area contributed by atoms with E-state index in [4.69, 9.17) is 4.74 Å². The van der Waals surface area contributed by atoms with Gasteiger partial charge in [-0.1, -0.05) is 6.92 Å². The molecular formula is C14H25N3O. The zero-order valence-corrected chi connectivity index (χ0v) is 11.6. The first kappa shape index (κ1) is 13.6. The van der Waals surface area contributed by atoms with Crippen molar-refractivity contribution in [2.75, 3.05) is 13.2 Å². The van der Waals surface area contributed by atoms with Crippen molar-refractivity contribution in [2.45, 2.75) is 58.2 Å². The van der Waals surface area contributed by atoms with E-state index in [0.29, 0.717) is 12.1 Å². The molecule has 18 heavy (non-hydrogen) atoms. The van der Waals surface area contributed by atoms with Gasteiger partial charge in [0.15, 0.2) is 0 Å². The first-order chi connectivity index (χ1) is 8.85. The van der Waals surface area contributed by atoms with Gasteiger partial charge in [-0.05, 0) is 45.2 Å². The van der Waals surface area contributed by atoms with Gasteiger partial charge < -0.3 is 10.1 Å². The van der Waals surface area contributed by atoms with Crippen LogP contribution in [0.5, 0.6) is 0 Å². The zero-order valence-electron chi connectivity index (χ0n) is 11.6. The molecule has 1 aromatic rings. The molecule has 0 saturated carbocycles. The Bertz CT molecular complexity index is 345. The molecule has 1 fully saturated rings. The fraction of sp³-hybridized carbons (Fsp3) is 0.786. The minimum atomic E-state index is 0.371. The third-order valence-electron chi connectivity index (χ3n) is 3.57. The minimum absolute atomic E-state index is 0.371. The van der Waals surface area contributed by atoms with Crippen LogP contribution in [0.3, 0.4) is 0 Å². The van der Waals surface area contributed by atoms with Crippen molar-refractivity contribution in [1.82, 2.24) is 15.1 Å². The van der Waals surface area contributed by atoms with Crippen LogP contribution in [0.4, 0.5) is 0 Å². The van der Waals surface area contributed by atoms with Gasteiger partial charge >= 0.3 is 0 Å². The van der Waals surface area contributed by atoms with Crippen LogP contribution in [0.15, 0.2) is 12.3 Å². The summed E-state index contributed by atoms with van der Waals surface area (Å²) < 4.78 is 7.85. The number of ether oxygens (including phenoxy) is 1. The van der Waals surface area contributed by atoms with Crippen molar-refractivity contribution in [1.29, 1.82) is 0 Å². The van der Waals surface area contributed by atoms with Crippen molar-refractivity contribution >= 4 is 0 Å². The average molecular weight is 251 g/mol. The van der Waals surface area contributed by atoms with Gasteiger partial charge in [-0.15, -0.1) is 0 Å². The Morgan fingerprint density at radius 3 is 3.11 bits per heavy atom. The number of nitrogens with one attached hydrogen (secondary N) is 1. The molecule has 102 valence electrons. The first-order valence-corrected chi connectivity index (χ1v) is 7.21. The predicted octanol–water partition coefficient (Wildman–Crippen LogP) is 2.51. The summed E-state index contributed by atoms with van der Waals surface area (Å²) in [6.45, 7) is 7.25. The summed E-state index contributed by atoms with van der Waals surface area (Å²) in [5.41, 5.74) is 1.29. The van der Waals surface area contributed by atoms with Crippen LogP contribution in [0, 0.1) is 0 Å². The Kier molecular flexibility index (Phi) is 5.20. The Balaban J connectivity index is 2.03. The molecule has 0 amide bonds. The van der Waals surface area contributed by atoms with Crippen LogP contribution in [0.1, 0.15) is 51.3 Å². The summed E-state index contributed by atoms with van der Waals surface area (Å²) in [6.07, 6.45) is 6.94. The highest BCUT2D eigenvalue weighted by atomic mass is 16.5. The van der Waals surface area contributed by atoms with E-state index in [9.17, 15) is 0 Å². The Labute approximate surface area is 110 Å². The van der Waals surface area contributed by atoms with Gasteiger partial charge in [0.1, 0.15) is 0 Å². The Morgan fingerprint density at radius 1 is 1.56 bits per heavy atom. The molecule has 1 saturated heterocycles. The van der Waals surface area contributed by atoms with Gasteiger partial charge in [-0.25, -0.2) is 0 Å². The average Bonchev–Trinajstić information content (AvgIpc) is 3.04. The lowest BCUT2D eigenvalue weighted by Gasteiger charge is -2.22. The number of aromatic nitrogens is 2. The van der Waals surface area contributed by atoms with E-state index < -0.39 is 0 Å². The van der Waals surface area contributed by atoms with Crippen LogP contribution in [-0.2, 0) is 11.3 Å². The van der Waals surface area contributed by atoms with Crippen LogP contribution in [0.2, 0.25) is 0 Å². The van der Waals surface area contributed by atoms with Crippen molar-refractivity contribution in [3.8, 4) is 0 Å². The largest absolute Gasteiger partial charge is 0.378 e. The summed E-state index contributed by atoms with van der Waals surface area (Å²) in [7, 11) is 0. The summed E-state index contributed by atoms with van der Waals surface area (Å²) in [5, 5.41) is 8.01. The SMILES string of the molecule is CCCNC(CC1CCCO1)c1ccnn1CC. The van der Waals surface area contributed by atoms with Crippen LogP contribution in [-0.4, -0.2) is 29.0 Å². The van der Waals surface area contributed by atoms with Crippen molar-refractivity contribution < 1.29 is 4.74 Å². The van der Waals surface area contributed by atoms with Crippen molar-refractivity contribution in [2.24, 2.45) is 0 Å². The molecule has 1 aliphatic rings. The van der Waals surface area contributed by atoms with Crippen molar-refractivity contribution in [3.63, 3.8) is 0 Å². The maximum absolute atomic E-state index is 5.77. The molecule has 2 unspecified atom stereocenters. The lowest BCUT2D eigenvalue weighted by molar-refractivity contribution is 0.0936. The quantitative estimate of drug-likeness (QED) is 0.809. The number of aryl methyl sites for hydroxylation is 1. The molecule has 2 rings (SSSR count). The Hall–Kier alpha value is -0.870. The monoisotopic (exact) mass is 251 g/mol. The minimum Gasteiger partial charge on any atom is -0.378 e. The second-order valence-electron chi connectivity index (χ2n) is 4.95. The highest BCUT2D eigenvalue weighted by Gasteiger charge is 2.23. The maximum Gasteiger partial charge on any atom is 0.0594 e. The summed E-state index contributed by atoms with van der Waals surface area (Å²) in [6, 6.07) is 2.50. The van der Waals surface area contributed by atoms with E-state index in [-0.39, 0.29) is 0 Å². The van der Waals surface area contributed by atoms with Gasteiger partial charge in [-0.2, -0.15) is 5.10 Å². The molecule has 4 heteroatoms.